The van der Waals surface area contributed by atoms with E-state index in [4.69, 9.17) is 0 Å². The third kappa shape index (κ3) is 2.66. The molecule has 0 spiro atoms. The number of nitrogens with one attached hydrogen (secondary N) is 1. The zero-order chi connectivity index (χ0) is 9.28. The molecule has 0 saturated heterocycles. The fraction of sp³-hybridized carbons (Fsp3) is 1.00. The molecular weight excluding hydrogens is 183 g/mol. The highest BCUT2D eigenvalue weighted by molar-refractivity contribution is 7.90. The molecule has 0 bridgehead atoms. The maximum Gasteiger partial charge on any atom is 0.406 e. The van der Waals surface area contributed by atoms with Crippen molar-refractivity contribution >= 4 is 10.0 Å². The van der Waals surface area contributed by atoms with Crippen LogP contribution >= 0.6 is 0 Å². The molecule has 0 aliphatic carbocycles. The van der Waals surface area contributed by atoms with E-state index in [2.05, 4.69) is 0 Å². The molecule has 1 unspecified atom stereocenters. The summed E-state index contributed by atoms with van der Waals surface area (Å²) in [5, 5.41) is -2.36. The SMILES string of the molecule is CNS(=O)(=O)C(C)C(F)(F)F. The van der Waals surface area contributed by atoms with E-state index in [0.717, 1.165) is 7.05 Å². The minimum atomic E-state index is -4.71. The molecule has 1 N–H and O–H groups in total. The second-order valence-electron chi connectivity index (χ2n) is 1.93. The summed E-state index contributed by atoms with van der Waals surface area (Å²) in [6.45, 7) is 0.589. The standard InChI is InChI=1S/C4H8F3NO2S/c1-3(4(5,6)7)11(9,10)8-2/h3,8H,1-2H3. The molecule has 0 aromatic carbocycles. The molecule has 0 rings (SSSR count). The Morgan fingerprint density at radius 2 is 1.73 bits per heavy atom. The third-order valence-corrected chi connectivity index (χ3v) is 2.98. The van der Waals surface area contributed by atoms with Gasteiger partial charge < -0.3 is 0 Å². The zero-order valence-corrected chi connectivity index (χ0v) is 6.75. The van der Waals surface area contributed by atoms with Crippen LogP contribution in [-0.2, 0) is 10.0 Å². The Bertz CT molecular complexity index is 220. The Morgan fingerprint density at radius 3 is 1.82 bits per heavy atom. The van der Waals surface area contributed by atoms with Crippen LogP contribution in [0.2, 0.25) is 0 Å². The first kappa shape index (κ1) is 10.7. The van der Waals surface area contributed by atoms with Crippen molar-refractivity contribution in [3.05, 3.63) is 0 Å². The second kappa shape index (κ2) is 2.98. The molecule has 0 heterocycles. The third-order valence-electron chi connectivity index (χ3n) is 1.21. The molecule has 0 fully saturated rings. The fourth-order valence-corrected chi connectivity index (χ4v) is 1.06. The van der Waals surface area contributed by atoms with Crippen molar-refractivity contribution in [3.63, 3.8) is 0 Å². The molecule has 3 nitrogen and oxygen atoms in total. The van der Waals surface area contributed by atoms with Crippen molar-refractivity contribution in [3.8, 4) is 0 Å². The Balaban J connectivity index is 4.64. The van der Waals surface area contributed by atoms with E-state index in [1.807, 2.05) is 0 Å². The summed E-state index contributed by atoms with van der Waals surface area (Å²) >= 11 is 0. The van der Waals surface area contributed by atoms with Crippen molar-refractivity contribution in [2.24, 2.45) is 0 Å². The molecule has 0 aromatic rings. The van der Waals surface area contributed by atoms with Crippen LogP contribution in [0.3, 0.4) is 0 Å². The van der Waals surface area contributed by atoms with Gasteiger partial charge in [-0.05, 0) is 14.0 Å². The van der Waals surface area contributed by atoms with Gasteiger partial charge in [0.05, 0.1) is 0 Å². The molecule has 1 atom stereocenters. The Labute approximate surface area is 62.6 Å². The van der Waals surface area contributed by atoms with Gasteiger partial charge in [0.15, 0.2) is 5.25 Å². The van der Waals surface area contributed by atoms with Crippen molar-refractivity contribution in [1.82, 2.24) is 4.72 Å². The van der Waals surface area contributed by atoms with E-state index in [9.17, 15) is 21.6 Å². The molecule has 0 aliphatic rings. The van der Waals surface area contributed by atoms with Gasteiger partial charge in [0, 0.05) is 0 Å². The van der Waals surface area contributed by atoms with E-state index in [-0.39, 0.29) is 0 Å². The highest BCUT2D eigenvalue weighted by Crippen LogP contribution is 2.24. The lowest BCUT2D eigenvalue weighted by atomic mass is 10.5. The number of alkyl halides is 3. The van der Waals surface area contributed by atoms with Crippen LogP contribution in [-0.4, -0.2) is 26.9 Å². The second-order valence-corrected chi connectivity index (χ2v) is 4.14. The minimum absolute atomic E-state index is 0.589. The van der Waals surface area contributed by atoms with Gasteiger partial charge in [0.2, 0.25) is 10.0 Å². The van der Waals surface area contributed by atoms with Gasteiger partial charge in [-0.15, -0.1) is 0 Å². The first-order chi connectivity index (χ1) is 4.72. The van der Waals surface area contributed by atoms with E-state index in [0.29, 0.717) is 6.92 Å². The summed E-state index contributed by atoms with van der Waals surface area (Å²) in [6.07, 6.45) is -4.71. The van der Waals surface area contributed by atoms with Crippen LogP contribution in [0.15, 0.2) is 0 Å². The van der Waals surface area contributed by atoms with Crippen LogP contribution in [0, 0.1) is 0 Å². The summed E-state index contributed by atoms with van der Waals surface area (Å²) in [6, 6.07) is 0. The van der Waals surface area contributed by atoms with Crippen molar-refractivity contribution in [2.45, 2.75) is 18.3 Å². The maximum absolute atomic E-state index is 11.7. The monoisotopic (exact) mass is 191 g/mol. The summed E-state index contributed by atoms with van der Waals surface area (Å²) in [5.41, 5.74) is 0. The average molecular weight is 191 g/mol. The minimum Gasteiger partial charge on any atom is -0.218 e. The predicted octanol–water partition coefficient (Wildman–Crippen LogP) is 0.486. The van der Waals surface area contributed by atoms with Crippen molar-refractivity contribution in [1.29, 1.82) is 0 Å². The van der Waals surface area contributed by atoms with Gasteiger partial charge in [-0.3, -0.25) is 0 Å². The van der Waals surface area contributed by atoms with Crippen LogP contribution in [0.25, 0.3) is 0 Å². The summed E-state index contributed by atoms with van der Waals surface area (Å²) in [4.78, 5) is 0. The van der Waals surface area contributed by atoms with E-state index in [1.54, 1.807) is 4.72 Å². The van der Waals surface area contributed by atoms with Crippen LogP contribution in [0.4, 0.5) is 13.2 Å². The molecule has 0 aromatic heterocycles. The van der Waals surface area contributed by atoms with E-state index < -0.39 is 21.4 Å². The Hall–Kier alpha value is -0.300. The van der Waals surface area contributed by atoms with Gasteiger partial charge in [-0.2, -0.15) is 13.2 Å². The Morgan fingerprint density at radius 1 is 1.36 bits per heavy atom. The molecular formula is C4H8F3NO2S. The van der Waals surface area contributed by atoms with Crippen LogP contribution in [0.5, 0.6) is 0 Å². The predicted molar refractivity (Wildman–Crippen MR) is 33.5 cm³/mol. The van der Waals surface area contributed by atoms with Gasteiger partial charge in [0.25, 0.3) is 0 Å². The van der Waals surface area contributed by atoms with Gasteiger partial charge in [-0.25, -0.2) is 13.1 Å². The highest BCUT2D eigenvalue weighted by Gasteiger charge is 2.44. The van der Waals surface area contributed by atoms with Gasteiger partial charge in [0.1, 0.15) is 0 Å². The molecule has 0 amide bonds. The lowest BCUT2D eigenvalue weighted by Crippen LogP contribution is -2.40. The van der Waals surface area contributed by atoms with Crippen LogP contribution in [0.1, 0.15) is 6.92 Å². The normalized spacial score (nSPS) is 16.5. The van der Waals surface area contributed by atoms with Gasteiger partial charge in [-0.1, -0.05) is 0 Å². The average Bonchev–Trinajstić information content (AvgIpc) is 1.84. The lowest BCUT2D eigenvalue weighted by Gasteiger charge is -2.14. The summed E-state index contributed by atoms with van der Waals surface area (Å²) in [7, 11) is -3.29. The zero-order valence-electron chi connectivity index (χ0n) is 5.94. The fourth-order valence-electron chi connectivity index (χ4n) is 0.353. The first-order valence-corrected chi connectivity index (χ1v) is 4.25. The van der Waals surface area contributed by atoms with Crippen LogP contribution < -0.4 is 4.72 Å². The molecule has 0 aliphatic heterocycles. The smallest absolute Gasteiger partial charge is 0.218 e. The Kier molecular flexibility index (Phi) is 2.90. The summed E-state index contributed by atoms with van der Waals surface area (Å²) in [5.74, 6) is 0. The largest absolute Gasteiger partial charge is 0.406 e. The number of hydrogen-bond acceptors (Lipinski definition) is 2. The number of sulfonamides is 1. The quantitative estimate of drug-likeness (QED) is 0.690. The maximum atomic E-state index is 11.7. The number of halogens is 3. The highest BCUT2D eigenvalue weighted by atomic mass is 32.2. The first-order valence-electron chi connectivity index (χ1n) is 2.71. The molecule has 11 heavy (non-hydrogen) atoms. The molecule has 0 radical (unpaired) electrons. The topological polar surface area (TPSA) is 46.2 Å². The van der Waals surface area contributed by atoms with Crippen molar-refractivity contribution < 1.29 is 21.6 Å². The molecule has 68 valence electrons. The van der Waals surface area contributed by atoms with Crippen molar-refractivity contribution in [2.75, 3.05) is 7.05 Å². The van der Waals surface area contributed by atoms with Gasteiger partial charge >= 0.3 is 6.18 Å². The summed E-state index contributed by atoms with van der Waals surface area (Å²) < 4.78 is 57.8. The lowest BCUT2D eigenvalue weighted by molar-refractivity contribution is -0.127. The number of hydrogen-bond donors (Lipinski definition) is 1. The molecule has 0 saturated carbocycles. The number of rotatable bonds is 2. The van der Waals surface area contributed by atoms with E-state index >= 15 is 0 Å². The molecule has 7 heteroatoms. The van der Waals surface area contributed by atoms with E-state index in [1.165, 1.54) is 0 Å².